The molecule has 0 saturated heterocycles. The fourth-order valence-electron chi connectivity index (χ4n) is 1.36. The Balaban J connectivity index is 2.45. The second kappa shape index (κ2) is 8.73. The van der Waals surface area contributed by atoms with Gasteiger partial charge >= 0.3 is 0 Å². The predicted octanol–water partition coefficient (Wildman–Crippen LogP) is 1.35. The van der Waals surface area contributed by atoms with Gasteiger partial charge in [-0.25, -0.2) is 0 Å². The van der Waals surface area contributed by atoms with E-state index in [2.05, 4.69) is 5.32 Å². The van der Waals surface area contributed by atoms with Crippen molar-refractivity contribution in [3.05, 3.63) is 35.9 Å². The van der Waals surface area contributed by atoms with Crippen LogP contribution in [0.15, 0.2) is 30.3 Å². The van der Waals surface area contributed by atoms with Crippen molar-refractivity contribution in [2.24, 2.45) is 5.92 Å². The maximum absolute atomic E-state index is 11.5. The maximum atomic E-state index is 11.5. The molecule has 0 radical (unpaired) electrons. The van der Waals surface area contributed by atoms with E-state index < -0.39 is 0 Å². The van der Waals surface area contributed by atoms with Gasteiger partial charge in [0, 0.05) is 19.2 Å². The molecule has 5 heteroatoms. The van der Waals surface area contributed by atoms with Crippen molar-refractivity contribution in [1.82, 2.24) is 5.32 Å². The SMILES string of the molecule is CC(CO)CNC(=O)/C=C/c1ccc(OCC#N)cc1. The Morgan fingerprint density at radius 3 is 2.80 bits per heavy atom. The fourth-order valence-corrected chi connectivity index (χ4v) is 1.36. The molecule has 1 unspecified atom stereocenters. The summed E-state index contributed by atoms with van der Waals surface area (Å²) >= 11 is 0. The molecular formula is C15H18N2O3. The summed E-state index contributed by atoms with van der Waals surface area (Å²) in [4.78, 5) is 11.5. The van der Waals surface area contributed by atoms with Crippen LogP contribution >= 0.6 is 0 Å². The van der Waals surface area contributed by atoms with Crippen molar-refractivity contribution in [2.75, 3.05) is 19.8 Å². The molecule has 1 aromatic carbocycles. The quantitative estimate of drug-likeness (QED) is 0.735. The lowest BCUT2D eigenvalue weighted by Gasteiger charge is -2.07. The van der Waals surface area contributed by atoms with Crippen molar-refractivity contribution in [3.8, 4) is 11.8 Å². The third-order valence-corrected chi connectivity index (χ3v) is 2.55. The summed E-state index contributed by atoms with van der Waals surface area (Å²) in [6.07, 6.45) is 3.13. The number of aliphatic hydroxyl groups excluding tert-OH is 1. The summed E-state index contributed by atoms with van der Waals surface area (Å²) in [6.45, 7) is 2.36. The van der Waals surface area contributed by atoms with E-state index in [-0.39, 0.29) is 25.0 Å². The number of nitrogens with one attached hydrogen (secondary N) is 1. The molecule has 1 atom stereocenters. The first-order chi connectivity index (χ1) is 9.65. The average Bonchev–Trinajstić information content (AvgIpc) is 2.49. The summed E-state index contributed by atoms with van der Waals surface area (Å²) in [6, 6.07) is 8.97. The van der Waals surface area contributed by atoms with Crippen LogP contribution in [0.2, 0.25) is 0 Å². The minimum Gasteiger partial charge on any atom is -0.479 e. The highest BCUT2D eigenvalue weighted by Crippen LogP contribution is 2.12. The molecule has 0 aromatic heterocycles. The van der Waals surface area contributed by atoms with E-state index in [9.17, 15) is 4.79 Å². The minimum atomic E-state index is -0.199. The Bertz CT molecular complexity index is 489. The van der Waals surface area contributed by atoms with Crippen LogP contribution in [-0.4, -0.2) is 30.8 Å². The normalized spacial score (nSPS) is 11.8. The van der Waals surface area contributed by atoms with Crippen LogP contribution in [0.3, 0.4) is 0 Å². The van der Waals surface area contributed by atoms with Crippen LogP contribution in [0.5, 0.6) is 5.75 Å². The van der Waals surface area contributed by atoms with Gasteiger partial charge in [0.25, 0.3) is 0 Å². The number of hydrogen-bond acceptors (Lipinski definition) is 4. The highest BCUT2D eigenvalue weighted by atomic mass is 16.5. The molecule has 0 fully saturated rings. The van der Waals surface area contributed by atoms with Gasteiger partial charge in [-0.1, -0.05) is 19.1 Å². The van der Waals surface area contributed by atoms with Gasteiger partial charge in [0.1, 0.15) is 11.8 Å². The lowest BCUT2D eigenvalue weighted by atomic mass is 10.2. The number of carbonyl (C=O) groups excluding carboxylic acids is 1. The van der Waals surface area contributed by atoms with Gasteiger partial charge in [0.15, 0.2) is 6.61 Å². The van der Waals surface area contributed by atoms with Crippen molar-refractivity contribution in [3.63, 3.8) is 0 Å². The molecule has 0 bridgehead atoms. The van der Waals surface area contributed by atoms with Crippen molar-refractivity contribution >= 4 is 12.0 Å². The Hall–Kier alpha value is -2.32. The first kappa shape index (κ1) is 15.7. The molecule has 1 amide bonds. The first-order valence-electron chi connectivity index (χ1n) is 6.32. The van der Waals surface area contributed by atoms with Crippen LogP contribution in [0.1, 0.15) is 12.5 Å². The third-order valence-electron chi connectivity index (χ3n) is 2.55. The first-order valence-corrected chi connectivity index (χ1v) is 6.32. The van der Waals surface area contributed by atoms with Gasteiger partial charge < -0.3 is 15.2 Å². The average molecular weight is 274 g/mol. The number of nitriles is 1. The summed E-state index contributed by atoms with van der Waals surface area (Å²) in [5.74, 6) is 0.462. The number of amides is 1. The van der Waals surface area contributed by atoms with E-state index >= 15 is 0 Å². The number of aliphatic hydroxyl groups is 1. The van der Waals surface area contributed by atoms with Crippen LogP contribution < -0.4 is 10.1 Å². The van der Waals surface area contributed by atoms with E-state index in [1.54, 1.807) is 30.3 Å². The van der Waals surface area contributed by atoms with Crippen LogP contribution in [0.25, 0.3) is 6.08 Å². The summed E-state index contributed by atoms with van der Waals surface area (Å²) in [7, 11) is 0. The lowest BCUT2D eigenvalue weighted by Crippen LogP contribution is -2.27. The van der Waals surface area contributed by atoms with E-state index in [0.29, 0.717) is 12.3 Å². The Kier molecular flexibility index (Phi) is 6.87. The number of nitrogens with zero attached hydrogens (tertiary/aromatic N) is 1. The molecule has 0 aliphatic rings. The minimum absolute atomic E-state index is 0.0145. The van der Waals surface area contributed by atoms with Crippen molar-refractivity contribution in [2.45, 2.75) is 6.92 Å². The van der Waals surface area contributed by atoms with E-state index in [1.165, 1.54) is 6.08 Å². The zero-order valence-electron chi connectivity index (χ0n) is 11.4. The number of carbonyl (C=O) groups is 1. The zero-order chi connectivity index (χ0) is 14.8. The fraction of sp³-hybridized carbons (Fsp3) is 0.333. The van der Waals surface area contributed by atoms with Crippen molar-refractivity contribution < 1.29 is 14.6 Å². The van der Waals surface area contributed by atoms with Crippen LogP contribution in [-0.2, 0) is 4.79 Å². The van der Waals surface area contributed by atoms with Crippen molar-refractivity contribution in [1.29, 1.82) is 5.26 Å². The van der Waals surface area contributed by atoms with E-state index in [1.807, 2.05) is 13.0 Å². The Morgan fingerprint density at radius 2 is 2.20 bits per heavy atom. The van der Waals surface area contributed by atoms with Crippen LogP contribution in [0.4, 0.5) is 0 Å². The molecule has 0 spiro atoms. The number of hydrogen-bond donors (Lipinski definition) is 2. The van der Waals surface area contributed by atoms with Gasteiger partial charge in [-0.3, -0.25) is 4.79 Å². The van der Waals surface area contributed by atoms with Gasteiger partial charge in [-0.15, -0.1) is 0 Å². The molecule has 106 valence electrons. The van der Waals surface area contributed by atoms with Gasteiger partial charge in [0.2, 0.25) is 5.91 Å². The van der Waals surface area contributed by atoms with Gasteiger partial charge in [-0.2, -0.15) is 5.26 Å². The highest BCUT2D eigenvalue weighted by Gasteiger charge is 2.01. The number of rotatable bonds is 7. The molecule has 0 saturated carbocycles. The zero-order valence-corrected chi connectivity index (χ0v) is 11.4. The standard InChI is InChI=1S/C15H18N2O3/c1-12(11-18)10-17-15(19)7-4-13-2-5-14(6-3-13)20-9-8-16/h2-7,12,18H,9-11H2,1H3,(H,17,19)/b7-4+. The number of benzene rings is 1. The van der Waals surface area contributed by atoms with E-state index in [4.69, 9.17) is 15.1 Å². The highest BCUT2D eigenvalue weighted by molar-refractivity contribution is 5.91. The molecule has 0 heterocycles. The maximum Gasteiger partial charge on any atom is 0.244 e. The lowest BCUT2D eigenvalue weighted by molar-refractivity contribution is -0.116. The predicted molar refractivity (Wildman–Crippen MR) is 75.8 cm³/mol. The molecule has 1 aromatic rings. The van der Waals surface area contributed by atoms with Gasteiger partial charge in [-0.05, 0) is 29.7 Å². The largest absolute Gasteiger partial charge is 0.479 e. The topological polar surface area (TPSA) is 82.3 Å². The molecule has 1 rings (SSSR count). The Labute approximate surface area is 118 Å². The molecule has 5 nitrogen and oxygen atoms in total. The second-order valence-electron chi connectivity index (χ2n) is 4.38. The van der Waals surface area contributed by atoms with Gasteiger partial charge in [0.05, 0.1) is 0 Å². The summed E-state index contributed by atoms with van der Waals surface area (Å²) in [5.41, 5.74) is 0.861. The second-order valence-corrected chi connectivity index (χ2v) is 4.38. The smallest absolute Gasteiger partial charge is 0.244 e. The Morgan fingerprint density at radius 1 is 1.50 bits per heavy atom. The monoisotopic (exact) mass is 274 g/mol. The molecule has 0 aliphatic heterocycles. The molecule has 20 heavy (non-hydrogen) atoms. The van der Waals surface area contributed by atoms with Crippen LogP contribution in [0, 0.1) is 17.2 Å². The summed E-state index contributed by atoms with van der Waals surface area (Å²) in [5, 5.41) is 19.9. The molecule has 0 aliphatic carbocycles. The number of ether oxygens (including phenoxy) is 1. The summed E-state index contributed by atoms with van der Waals surface area (Å²) < 4.78 is 5.12. The molecular weight excluding hydrogens is 256 g/mol. The third kappa shape index (κ3) is 6.03. The van der Waals surface area contributed by atoms with E-state index in [0.717, 1.165) is 5.56 Å². The molecule has 2 N–H and O–H groups in total.